The minimum absolute atomic E-state index is 0.0171. The molecule has 2 aromatic rings. The van der Waals surface area contributed by atoms with Gasteiger partial charge in [-0.05, 0) is 87.2 Å². The van der Waals surface area contributed by atoms with Crippen LogP contribution in [0.15, 0.2) is 47.4 Å². The number of Topliss-reactive ketones (excluding diaryl/α,β-unsaturated/α-hetero) is 2. The Morgan fingerprint density at radius 3 is 2.58 bits per heavy atom. The van der Waals surface area contributed by atoms with E-state index in [-0.39, 0.29) is 23.3 Å². The highest BCUT2D eigenvalue weighted by atomic mass is 32.2. The first-order valence-corrected chi connectivity index (χ1v) is 11.5. The van der Waals surface area contributed by atoms with Crippen molar-refractivity contribution in [3.63, 3.8) is 0 Å². The monoisotopic (exact) mass is 442 g/mol. The first-order chi connectivity index (χ1) is 15.0. The Hall–Kier alpha value is -2.22. The summed E-state index contributed by atoms with van der Waals surface area (Å²) in [5.74, 6) is 0.571. The van der Waals surface area contributed by atoms with Crippen LogP contribution >= 0.6 is 11.9 Å². The molecule has 0 radical (unpaired) electrons. The highest BCUT2D eigenvalue weighted by Gasteiger charge is 2.28. The van der Waals surface area contributed by atoms with E-state index in [1.54, 1.807) is 31.2 Å². The normalized spacial score (nSPS) is 18.1. The summed E-state index contributed by atoms with van der Waals surface area (Å²) in [7, 11) is 1.59. The number of benzene rings is 2. The predicted octanol–water partition coefficient (Wildman–Crippen LogP) is 4.32. The van der Waals surface area contributed by atoms with Gasteiger partial charge in [0.05, 0.1) is 19.2 Å². The lowest BCUT2D eigenvalue weighted by molar-refractivity contribution is 0.0838. The number of rotatable bonds is 7. The van der Waals surface area contributed by atoms with Crippen LogP contribution in [0.5, 0.6) is 5.75 Å². The number of nitrogens with zero attached hydrogens (tertiary/aromatic N) is 2. The largest absolute Gasteiger partial charge is 0.496 e. The molecule has 0 saturated carbocycles. The Kier molecular flexibility index (Phi) is 7.05. The summed E-state index contributed by atoms with van der Waals surface area (Å²) >= 11 is 1.62. The van der Waals surface area contributed by atoms with Crippen LogP contribution in [-0.2, 0) is 0 Å². The molecule has 164 valence electrons. The molecule has 0 spiro atoms. The molecule has 4 rings (SSSR count). The van der Waals surface area contributed by atoms with E-state index in [4.69, 9.17) is 4.74 Å². The van der Waals surface area contributed by atoms with Crippen LogP contribution in [0.2, 0.25) is 0 Å². The Balaban J connectivity index is 1.22. The molecule has 0 aromatic heterocycles. The number of carbonyl (C=O) groups is 2. The Morgan fingerprint density at radius 1 is 1.13 bits per heavy atom. The molecule has 1 saturated heterocycles. The van der Waals surface area contributed by atoms with Crippen molar-refractivity contribution >= 4 is 23.5 Å². The number of carbonyl (C=O) groups excluding carboxylic acids is 2. The molecule has 0 amide bonds. The smallest absolute Gasteiger partial charge is 0.182 e. The first-order valence-electron chi connectivity index (χ1n) is 10.7. The highest BCUT2D eigenvalue weighted by molar-refractivity contribution is 7.97. The molecule has 2 aliphatic rings. The third-order valence-electron chi connectivity index (χ3n) is 6.00. The molecule has 0 N–H and O–H groups in total. The average Bonchev–Trinajstić information content (AvgIpc) is 2.79. The lowest BCUT2D eigenvalue weighted by Crippen LogP contribution is -2.38. The van der Waals surface area contributed by atoms with Crippen LogP contribution in [0.25, 0.3) is 0 Å². The molecule has 0 aliphatic carbocycles. The zero-order chi connectivity index (χ0) is 21.8. The Labute approximate surface area is 186 Å². The molecule has 0 bridgehead atoms. The standard InChI is InChI=1S/C24H27FN2O3S/c1-30-21-4-2-5-22-23(21)20(28)16-27(31-22)13-3-12-26-14-10-18(11-15-26)24(29)17-6-8-19(25)9-7-17/h2,4-9,18H,3,10-16H2,1H3. The SMILES string of the molecule is COc1cccc2c1C(=O)CN(CCCN1CCC(C(=O)c3ccc(F)cc3)CC1)S2. The quantitative estimate of drug-likeness (QED) is 0.470. The fourth-order valence-electron chi connectivity index (χ4n) is 4.31. The fraction of sp³-hybridized carbons (Fsp3) is 0.417. The average molecular weight is 443 g/mol. The number of likely N-dealkylation sites (tertiary alicyclic amines) is 1. The van der Waals surface area contributed by atoms with Crippen molar-refractivity contribution in [1.82, 2.24) is 9.21 Å². The Bertz CT molecular complexity index is 942. The number of ketones is 2. The predicted molar refractivity (Wildman–Crippen MR) is 119 cm³/mol. The first kappa shape index (κ1) is 22.0. The Morgan fingerprint density at radius 2 is 1.87 bits per heavy atom. The highest BCUT2D eigenvalue weighted by Crippen LogP contribution is 2.36. The zero-order valence-corrected chi connectivity index (χ0v) is 18.5. The minimum atomic E-state index is -0.317. The maximum absolute atomic E-state index is 13.1. The van der Waals surface area contributed by atoms with Crippen molar-refractivity contribution < 1.29 is 18.7 Å². The molecule has 5 nitrogen and oxygen atoms in total. The van der Waals surface area contributed by atoms with Gasteiger partial charge in [0.2, 0.25) is 0 Å². The van der Waals surface area contributed by atoms with Gasteiger partial charge in [-0.3, -0.25) is 9.59 Å². The molecule has 2 aromatic carbocycles. The summed E-state index contributed by atoms with van der Waals surface area (Å²) in [6.45, 7) is 3.97. The van der Waals surface area contributed by atoms with Crippen LogP contribution in [0, 0.1) is 11.7 Å². The summed E-state index contributed by atoms with van der Waals surface area (Å²) in [6, 6.07) is 11.6. The van der Waals surface area contributed by atoms with E-state index in [9.17, 15) is 14.0 Å². The third-order valence-corrected chi connectivity index (χ3v) is 7.11. The van der Waals surface area contributed by atoms with Crippen molar-refractivity contribution in [1.29, 1.82) is 0 Å². The second-order valence-corrected chi connectivity index (χ2v) is 9.19. The fourth-order valence-corrected chi connectivity index (χ4v) is 5.43. The van der Waals surface area contributed by atoms with E-state index in [0.29, 0.717) is 23.4 Å². The van der Waals surface area contributed by atoms with Gasteiger partial charge < -0.3 is 9.64 Å². The van der Waals surface area contributed by atoms with Gasteiger partial charge in [-0.25, -0.2) is 8.70 Å². The van der Waals surface area contributed by atoms with Crippen LogP contribution in [0.4, 0.5) is 4.39 Å². The maximum Gasteiger partial charge on any atom is 0.182 e. The van der Waals surface area contributed by atoms with Crippen molar-refractivity contribution in [2.24, 2.45) is 5.92 Å². The van der Waals surface area contributed by atoms with Gasteiger partial charge in [-0.15, -0.1) is 0 Å². The minimum Gasteiger partial charge on any atom is -0.496 e. The van der Waals surface area contributed by atoms with E-state index in [1.807, 2.05) is 18.2 Å². The number of fused-ring (bicyclic) bond motifs is 1. The second-order valence-electron chi connectivity index (χ2n) is 8.05. The molecule has 2 aliphatic heterocycles. The van der Waals surface area contributed by atoms with Gasteiger partial charge in [-0.2, -0.15) is 0 Å². The van der Waals surface area contributed by atoms with E-state index in [1.165, 1.54) is 12.1 Å². The maximum atomic E-state index is 13.1. The van der Waals surface area contributed by atoms with Gasteiger partial charge in [0, 0.05) is 22.9 Å². The van der Waals surface area contributed by atoms with E-state index >= 15 is 0 Å². The van der Waals surface area contributed by atoms with E-state index < -0.39 is 0 Å². The summed E-state index contributed by atoms with van der Waals surface area (Å²) in [4.78, 5) is 28.5. The van der Waals surface area contributed by atoms with Crippen LogP contribution < -0.4 is 4.74 Å². The van der Waals surface area contributed by atoms with Gasteiger partial charge in [0.1, 0.15) is 11.6 Å². The van der Waals surface area contributed by atoms with Crippen LogP contribution in [0.3, 0.4) is 0 Å². The van der Waals surface area contributed by atoms with Gasteiger partial charge >= 0.3 is 0 Å². The van der Waals surface area contributed by atoms with Crippen molar-refractivity contribution in [3.8, 4) is 5.75 Å². The number of hydrogen-bond donors (Lipinski definition) is 0. The lowest BCUT2D eigenvalue weighted by Gasteiger charge is -2.32. The van der Waals surface area contributed by atoms with E-state index in [2.05, 4.69) is 9.21 Å². The van der Waals surface area contributed by atoms with Crippen LogP contribution in [-0.4, -0.2) is 60.6 Å². The van der Waals surface area contributed by atoms with Crippen molar-refractivity contribution in [2.45, 2.75) is 24.2 Å². The number of piperidine rings is 1. The lowest BCUT2D eigenvalue weighted by atomic mass is 9.89. The summed E-state index contributed by atoms with van der Waals surface area (Å²) < 4.78 is 20.5. The van der Waals surface area contributed by atoms with Gasteiger partial charge in [-0.1, -0.05) is 6.07 Å². The molecule has 31 heavy (non-hydrogen) atoms. The molecule has 2 heterocycles. The molecule has 7 heteroatoms. The number of ether oxygens (including phenoxy) is 1. The van der Waals surface area contributed by atoms with Crippen LogP contribution in [0.1, 0.15) is 40.0 Å². The van der Waals surface area contributed by atoms with E-state index in [0.717, 1.165) is 50.3 Å². The molecule has 0 atom stereocenters. The molecule has 0 unspecified atom stereocenters. The molecular weight excluding hydrogens is 415 g/mol. The van der Waals surface area contributed by atoms with Crippen molar-refractivity contribution in [2.75, 3.05) is 39.8 Å². The molecule has 1 fully saturated rings. The summed E-state index contributed by atoms with van der Waals surface area (Å²) in [5, 5.41) is 0. The zero-order valence-electron chi connectivity index (χ0n) is 17.7. The summed E-state index contributed by atoms with van der Waals surface area (Å²) in [5.41, 5.74) is 1.29. The number of methoxy groups -OCH3 is 1. The van der Waals surface area contributed by atoms with Gasteiger partial charge in [0.15, 0.2) is 11.6 Å². The topological polar surface area (TPSA) is 49.9 Å². The number of hydrogen-bond acceptors (Lipinski definition) is 6. The molecular formula is C24H27FN2O3S. The van der Waals surface area contributed by atoms with Gasteiger partial charge in [0.25, 0.3) is 0 Å². The summed E-state index contributed by atoms with van der Waals surface area (Å²) in [6.07, 6.45) is 2.64. The van der Waals surface area contributed by atoms with Crippen molar-refractivity contribution in [3.05, 3.63) is 59.4 Å². The second kappa shape index (κ2) is 9.94. The third kappa shape index (κ3) is 5.17. The number of halogens is 1.